The van der Waals surface area contributed by atoms with Crippen LogP contribution < -0.4 is 5.32 Å². The molecular formula is C32H39N5O5. The number of carbonyl (C=O) groups excluding carboxylic acids is 2. The first-order valence-corrected chi connectivity index (χ1v) is 14.3. The summed E-state index contributed by atoms with van der Waals surface area (Å²) >= 11 is 0. The van der Waals surface area contributed by atoms with Crippen LogP contribution in [0.2, 0.25) is 0 Å². The number of likely N-dealkylation sites (N-methyl/N-ethyl adjacent to an activating group) is 1. The minimum Gasteiger partial charge on any atom is -0.394 e. The summed E-state index contributed by atoms with van der Waals surface area (Å²) in [6.07, 6.45) is -0.405. The number of ether oxygens (including phenoxy) is 1. The maximum absolute atomic E-state index is 14.5. The quantitative estimate of drug-likeness (QED) is 0.349. The highest BCUT2D eigenvalue weighted by Gasteiger charge is 2.34. The number of benzene rings is 2. The summed E-state index contributed by atoms with van der Waals surface area (Å²) in [5.74, 6) is 0.211. The second kappa shape index (κ2) is 12.0. The number of urea groups is 1. The van der Waals surface area contributed by atoms with E-state index in [0.717, 1.165) is 27.6 Å². The summed E-state index contributed by atoms with van der Waals surface area (Å²) in [6.45, 7) is 8.12. The van der Waals surface area contributed by atoms with Crippen molar-refractivity contribution in [1.29, 1.82) is 0 Å². The third-order valence-electron chi connectivity index (χ3n) is 8.29. The van der Waals surface area contributed by atoms with E-state index in [1.807, 2.05) is 74.0 Å². The van der Waals surface area contributed by atoms with Crippen molar-refractivity contribution >= 4 is 28.5 Å². The number of aliphatic hydroxyl groups excluding tert-OH is 1. The summed E-state index contributed by atoms with van der Waals surface area (Å²) in [6, 6.07) is 15.2. The Morgan fingerprint density at radius 2 is 1.90 bits per heavy atom. The van der Waals surface area contributed by atoms with E-state index in [9.17, 15) is 14.7 Å². The molecule has 3 heterocycles. The molecule has 222 valence electrons. The van der Waals surface area contributed by atoms with Crippen LogP contribution in [0.15, 0.2) is 53.1 Å². The molecule has 42 heavy (non-hydrogen) atoms. The van der Waals surface area contributed by atoms with Gasteiger partial charge in [-0.15, -0.1) is 0 Å². The Bertz CT molecular complexity index is 1590. The largest absolute Gasteiger partial charge is 0.394 e. The lowest BCUT2D eigenvalue weighted by atomic mass is 9.96. The van der Waals surface area contributed by atoms with Gasteiger partial charge in [0.05, 0.1) is 25.4 Å². The molecule has 0 saturated heterocycles. The number of nitrogens with one attached hydrogen (secondary N) is 1. The molecule has 1 aliphatic heterocycles. The molecule has 0 unspecified atom stereocenters. The van der Waals surface area contributed by atoms with E-state index in [1.54, 1.807) is 30.7 Å². The summed E-state index contributed by atoms with van der Waals surface area (Å²) < 4.78 is 13.7. The summed E-state index contributed by atoms with van der Waals surface area (Å²) in [7, 11) is 3.63. The van der Waals surface area contributed by atoms with Crippen LogP contribution >= 0.6 is 0 Å². The molecule has 2 aromatic heterocycles. The van der Waals surface area contributed by atoms with Crippen LogP contribution in [0.1, 0.15) is 41.4 Å². The Labute approximate surface area is 245 Å². The smallest absolute Gasteiger partial charge is 0.321 e. The van der Waals surface area contributed by atoms with E-state index < -0.39 is 12.1 Å². The third-order valence-corrected chi connectivity index (χ3v) is 8.29. The van der Waals surface area contributed by atoms with Crippen LogP contribution in [0, 0.1) is 19.8 Å². The molecule has 4 aromatic rings. The van der Waals surface area contributed by atoms with Crippen molar-refractivity contribution < 1.29 is 24.0 Å². The number of anilines is 1. The van der Waals surface area contributed by atoms with E-state index in [-0.39, 0.29) is 31.0 Å². The fourth-order valence-electron chi connectivity index (χ4n) is 5.74. The molecule has 0 saturated carbocycles. The lowest BCUT2D eigenvalue weighted by Crippen LogP contribution is -2.48. The van der Waals surface area contributed by atoms with E-state index in [0.29, 0.717) is 36.0 Å². The molecule has 2 aromatic carbocycles. The predicted molar refractivity (Wildman–Crippen MR) is 161 cm³/mol. The van der Waals surface area contributed by atoms with Crippen LogP contribution in [0.3, 0.4) is 0 Å². The van der Waals surface area contributed by atoms with Crippen molar-refractivity contribution in [3.05, 3.63) is 71.2 Å². The molecule has 0 radical (unpaired) electrons. The summed E-state index contributed by atoms with van der Waals surface area (Å²) in [4.78, 5) is 30.9. The van der Waals surface area contributed by atoms with Gasteiger partial charge in [-0.1, -0.05) is 54.5 Å². The van der Waals surface area contributed by atoms with Crippen LogP contribution in [-0.4, -0.2) is 75.5 Å². The number of aryl methyl sites for hydroxylation is 3. The van der Waals surface area contributed by atoms with Gasteiger partial charge in [-0.3, -0.25) is 4.79 Å². The molecule has 0 bridgehead atoms. The number of hydrogen-bond acceptors (Lipinski definition) is 6. The number of fused-ring (bicyclic) bond motifs is 5. The Morgan fingerprint density at radius 3 is 2.62 bits per heavy atom. The van der Waals surface area contributed by atoms with Gasteiger partial charge in [-0.2, -0.15) is 0 Å². The SMILES string of the molecule is Cc1noc(C)c1NC(=O)N(C)C[C@@H]1OCc2ccccc2-c2c(n(C)c3ccccc23)C(=O)N([C@@H](C)CO)C[C@@H]1C. The van der Waals surface area contributed by atoms with Crippen molar-refractivity contribution in [3.8, 4) is 11.1 Å². The maximum atomic E-state index is 14.5. The Morgan fingerprint density at radius 1 is 1.19 bits per heavy atom. The number of amides is 3. The van der Waals surface area contributed by atoms with Gasteiger partial charge in [0.25, 0.3) is 5.91 Å². The van der Waals surface area contributed by atoms with Crippen molar-refractivity contribution in [1.82, 2.24) is 19.5 Å². The number of para-hydroxylation sites is 1. The first-order chi connectivity index (χ1) is 20.1. The zero-order valence-electron chi connectivity index (χ0n) is 25.0. The van der Waals surface area contributed by atoms with Crippen molar-refractivity contribution in [2.45, 2.75) is 46.4 Å². The molecule has 10 heteroatoms. The van der Waals surface area contributed by atoms with Gasteiger partial charge < -0.3 is 34.1 Å². The minimum atomic E-state index is -0.428. The molecule has 3 amide bonds. The fraction of sp³-hybridized carbons (Fsp3) is 0.406. The molecule has 10 nitrogen and oxygen atoms in total. The Balaban J connectivity index is 1.54. The van der Waals surface area contributed by atoms with Crippen molar-refractivity contribution in [2.75, 3.05) is 32.1 Å². The van der Waals surface area contributed by atoms with Crippen LogP contribution in [0.4, 0.5) is 10.5 Å². The van der Waals surface area contributed by atoms with Crippen LogP contribution in [0.25, 0.3) is 22.0 Å². The van der Waals surface area contributed by atoms with Gasteiger partial charge in [0.15, 0.2) is 5.76 Å². The average Bonchev–Trinajstić information content (AvgIpc) is 3.47. The number of hydrogen-bond donors (Lipinski definition) is 2. The van der Waals surface area contributed by atoms with Gasteiger partial charge in [-0.05, 0) is 38.0 Å². The lowest BCUT2D eigenvalue weighted by molar-refractivity contribution is -0.0179. The normalized spacial score (nSPS) is 18.3. The second-order valence-corrected chi connectivity index (χ2v) is 11.3. The first-order valence-electron chi connectivity index (χ1n) is 14.3. The first kappa shape index (κ1) is 29.3. The van der Waals surface area contributed by atoms with Crippen molar-refractivity contribution in [3.63, 3.8) is 0 Å². The number of nitrogens with zero attached hydrogens (tertiary/aromatic N) is 4. The van der Waals surface area contributed by atoms with Gasteiger partial charge in [0, 0.05) is 49.6 Å². The highest BCUT2D eigenvalue weighted by Crippen LogP contribution is 2.38. The molecule has 5 rings (SSSR count). The summed E-state index contributed by atoms with van der Waals surface area (Å²) in [5, 5.41) is 18.0. The molecule has 0 aliphatic carbocycles. The van der Waals surface area contributed by atoms with E-state index in [4.69, 9.17) is 9.26 Å². The fourth-order valence-corrected chi connectivity index (χ4v) is 5.74. The van der Waals surface area contributed by atoms with Crippen LogP contribution in [0.5, 0.6) is 0 Å². The number of carbonyl (C=O) groups is 2. The van der Waals surface area contributed by atoms with Crippen molar-refractivity contribution in [2.24, 2.45) is 13.0 Å². The van der Waals surface area contributed by atoms with E-state index >= 15 is 0 Å². The average molecular weight is 574 g/mol. The highest BCUT2D eigenvalue weighted by molar-refractivity contribution is 6.10. The molecule has 1 aliphatic rings. The lowest BCUT2D eigenvalue weighted by Gasteiger charge is -2.35. The van der Waals surface area contributed by atoms with Crippen LogP contribution in [-0.2, 0) is 18.4 Å². The zero-order chi connectivity index (χ0) is 30.1. The number of aliphatic hydroxyl groups is 1. The standard InChI is InChI=1S/C32H39N5O5/c1-19-15-37(20(2)17-38)31(39)30-28(25-13-9-10-14-26(25)36(30)6)24-12-8-7-11-23(24)18-41-27(19)16-35(5)32(40)33-29-21(3)34-42-22(29)4/h7-14,19-20,27,38H,15-18H2,1-6H3,(H,33,40)/t19-,20-,27-/m0/s1. The highest BCUT2D eigenvalue weighted by atomic mass is 16.5. The maximum Gasteiger partial charge on any atom is 0.321 e. The van der Waals surface area contributed by atoms with Gasteiger partial charge >= 0.3 is 6.03 Å². The molecule has 3 atom stereocenters. The van der Waals surface area contributed by atoms with Gasteiger partial charge in [0.1, 0.15) is 17.1 Å². The molecule has 0 fully saturated rings. The minimum absolute atomic E-state index is 0.156. The molecular weight excluding hydrogens is 534 g/mol. The number of rotatable bonds is 5. The molecule has 2 N–H and O–H groups in total. The van der Waals surface area contributed by atoms with E-state index in [2.05, 4.69) is 10.5 Å². The topological polar surface area (TPSA) is 113 Å². The predicted octanol–water partition coefficient (Wildman–Crippen LogP) is 4.97. The zero-order valence-corrected chi connectivity index (χ0v) is 25.0. The van der Waals surface area contributed by atoms with E-state index in [1.165, 1.54) is 0 Å². The monoisotopic (exact) mass is 573 g/mol. The number of aromatic nitrogens is 2. The van der Waals surface area contributed by atoms with Gasteiger partial charge in [-0.25, -0.2) is 4.79 Å². The summed E-state index contributed by atoms with van der Waals surface area (Å²) in [5.41, 5.74) is 5.41. The second-order valence-electron chi connectivity index (χ2n) is 11.3. The Kier molecular flexibility index (Phi) is 8.38. The third kappa shape index (κ3) is 5.39. The Hall–Kier alpha value is -4.15. The van der Waals surface area contributed by atoms with Gasteiger partial charge in [0.2, 0.25) is 0 Å². The molecule has 0 spiro atoms.